The molecular formula is C11H4F12N2O. The van der Waals surface area contributed by atoms with Gasteiger partial charge in [-0.15, -0.1) is 0 Å². The van der Waals surface area contributed by atoms with Crippen molar-refractivity contribution in [2.45, 2.75) is 24.1 Å². The fourth-order valence-corrected chi connectivity index (χ4v) is 1.64. The van der Waals surface area contributed by atoms with Gasteiger partial charge in [-0.1, -0.05) is 0 Å². The summed E-state index contributed by atoms with van der Waals surface area (Å²) in [5.74, 6) is -6.39. The van der Waals surface area contributed by atoms with Crippen molar-refractivity contribution in [3.8, 4) is 0 Å². The lowest BCUT2D eigenvalue weighted by Gasteiger charge is -2.38. The van der Waals surface area contributed by atoms with Crippen LogP contribution in [0, 0.1) is 17.5 Å². The molecular weight excluding hydrogens is 404 g/mol. The molecule has 15 heteroatoms. The van der Waals surface area contributed by atoms with E-state index in [0.29, 0.717) is 0 Å². The summed E-state index contributed by atoms with van der Waals surface area (Å²) in [4.78, 5) is 11.2. The summed E-state index contributed by atoms with van der Waals surface area (Å²) in [5, 5.41) is 0.470. The van der Waals surface area contributed by atoms with Crippen molar-refractivity contribution in [3.05, 3.63) is 29.6 Å². The zero-order chi connectivity index (χ0) is 20.7. The number of urea groups is 1. The predicted octanol–water partition coefficient (Wildman–Crippen LogP) is 4.65. The van der Waals surface area contributed by atoms with Crippen molar-refractivity contribution in [1.29, 1.82) is 0 Å². The Bertz CT molecular complexity index is 654. The molecule has 26 heavy (non-hydrogen) atoms. The standard InChI is InChI=1S/C11H4F12N2O/c12-3-1-2-4(6(14)5(3)13)24-7(26)25-8(9(15,16)17,10(18,19)20)11(21,22)23/h1-2H,(H2,24,25,26). The zero-order valence-corrected chi connectivity index (χ0v) is 11.6. The van der Waals surface area contributed by atoms with Crippen molar-refractivity contribution in [1.82, 2.24) is 5.32 Å². The molecule has 2 amide bonds. The lowest BCUT2D eigenvalue weighted by molar-refractivity contribution is -0.386. The third-order valence-corrected chi connectivity index (χ3v) is 2.86. The molecule has 0 heterocycles. The van der Waals surface area contributed by atoms with Gasteiger partial charge in [0.25, 0.3) is 0 Å². The van der Waals surface area contributed by atoms with Gasteiger partial charge in [0.05, 0.1) is 5.69 Å². The maximum absolute atomic E-state index is 13.2. The first-order chi connectivity index (χ1) is 11.5. The Morgan fingerprint density at radius 3 is 1.54 bits per heavy atom. The molecule has 0 fully saturated rings. The summed E-state index contributed by atoms with van der Waals surface area (Å²) in [5.41, 5.74) is -8.21. The highest BCUT2D eigenvalue weighted by atomic mass is 19.4. The summed E-state index contributed by atoms with van der Waals surface area (Å²) in [6, 6.07) is -2.57. The predicted molar refractivity (Wildman–Crippen MR) is 59.4 cm³/mol. The number of halogens is 12. The Labute approximate surface area is 135 Å². The number of anilines is 1. The molecule has 0 aliphatic carbocycles. The van der Waals surface area contributed by atoms with Gasteiger partial charge < -0.3 is 10.6 Å². The molecule has 0 aliphatic rings. The Kier molecular flexibility index (Phi) is 5.36. The van der Waals surface area contributed by atoms with Crippen LogP contribution in [-0.4, -0.2) is 30.1 Å². The molecule has 2 N–H and O–H groups in total. The number of carbonyl (C=O) groups is 1. The minimum Gasteiger partial charge on any atom is -0.308 e. The second-order valence-electron chi connectivity index (χ2n) is 4.55. The average Bonchev–Trinajstić information content (AvgIpc) is 2.41. The Morgan fingerprint density at radius 1 is 0.731 bits per heavy atom. The summed E-state index contributed by atoms with van der Waals surface area (Å²) in [7, 11) is 0. The van der Waals surface area contributed by atoms with Gasteiger partial charge in [0, 0.05) is 0 Å². The molecule has 0 spiro atoms. The quantitative estimate of drug-likeness (QED) is 0.543. The number of benzene rings is 1. The number of nitrogens with one attached hydrogen (secondary N) is 2. The lowest BCUT2D eigenvalue weighted by atomic mass is 9.97. The summed E-state index contributed by atoms with van der Waals surface area (Å²) >= 11 is 0. The third kappa shape index (κ3) is 3.60. The van der Waals surface area contributed by atoms with Crippen molar-refractivity contribution in [3.63, 3.8) is 0 Å². The molecule has 1 aromatic rings. The summed E-state index contributed by atoms with van der Waals surface area (Å²) < 4.78 is 152. The average molecular weight is 408 g/mol. The van der Waals surface area contributed by atoms with Crippen molar-refractivity contribution in [2.24, 2.45) is 0 Å². The van der Waals surface area contributed by atoms with Gasteiger partial charge in [0.15, 0.2) is 17.5 Å². The summed E-state index contributed by atoms with van der Waals surface area (Å²) in [6.45, 7) is 0. The van der Waals surface area contributed by atoms with Crippen molar-refractivity contribution >= 4 is 11.7 Å². The number of hydrogen-bond donors (Lipinski definition) is 2. The monoisotopic (exact) mass is 408 g/mol. The van der Waals surface area contributed by atoms with Crippen molar-refractivity contribution in [2.75, 3.05) is 5.32 Å². The van der Waals surface area contributed by atoms with Crippen LogP contribution < -0.4 is 10.6 Å². The second-order valence-corrected chi connectivity index (χ2v) is 4.55. The molecule has 1 aromatic carbocycles. The first kappa shape index (κ1) is 21.7. The number of alkyl halides is 9. The molecule has 0 radical (unpaired) electrons. The van der Waals surface area contributed by atoms with E-state index >= 15 is 0 Å². The van der Waals surface area contributed by atoms with Crippen LogP contribution in [0.25, 0.3) is 0 Å². The van der Waals surface area contributed by atoms with Gasteiger partial charge in [0.1, 0.15) is 0 Å². The van der Waals surface area contributed by atoms with Gasteiger partial charge in [-0.25, -0.2) is 18.0 Å². The van der Waals surface area contributed by atoms with E-state index in [1.807, 2.05) is 0 Å². The molecule has 0 aromatic heterocycles. The van der Waals surface area contributed by atoms with E-state index in [4.69, 9.17) is 0 Å². The number of carbonyl (C=O) groups excluding carboxylic acids is 1. The minimum absolute atomic E-state index is 0.110. The number of amides is 2. The van der Waals surface area contributed by atoms with Crippen molar-refractivity contribution < 1.29 is 57.5 Å². The van der Waals surface area contributed by atoms with Gasteiger partial charge in [-0.05, 0) is 12.1 Å². The van der Waals surface area contributed by atoms with Crippen LogP contribution in [0.4, 0.5) is 63.2 Å². The summed E-state index contributed by atoms with van der Waals surface area (Å²) in [6.07, 6.45) is -21.3. The van der Waals surface area contributed by atoms with Gasteiger partial charge in [-0.3, -0.25) is 0 Å². The van der Waals surface area contributed by atoms with Crippen LogP contribution in [0.3, 0.4) is 0 Å². The molecule has 3 nitrogen and oxygen atoms in total. The van der Waals surface area contributed by atoms with E-state index in [1.54, 1.807) is 0 Å². The van der Waals surface area contributed by atoms with E-state index in [0.717, 1.165) is 5.32 Å². The molecule has 1 rings (SSSR count). The Hall–Kier alpha value is -2.35. The van der Waals surface area contributed by atoms with E-state index in [9.17, 15) is 57.5 Å². The first-order valence-corrected chi connectivity index (χ1v) is 5.88. The van der Waals surface area contributed by atoms with Gasteiger partial charge >= 0.3 is 30.1 Å². The number of rotatable bonds is 2. The van der Waals surface area contributed by atoms with E-state index < -0.39 is 53.2 Å². The maximum atomic E-state index is 13.2. The van der Waals surface area contributed by atoms with Gasteiger partial charge in [-0.2, -0.15) is 39.5 Å². The molecule has 0 saturated heterocycles. The van der Waals surface area contributed by atoms with Crippen LogP contribution in [0.1, 0.15) is 0 Å². The van der Waals surface area contributed by atoms with E-state index in [-0.39, 0.29) is 17.4 Å². The van der Waals surface area contributed by atoms with Crippen LogP contribution >= 0.6 is 0 Å². The number of hydrogen-bond acceptors (Lipinski definition) is 1. The highest BCUT2D eigenvalue weighted by molar-refractivity contribution is 5.90. The Balaban J connectivity index is 3.33. The fourth-order valence-electron chi connectivity index (χ4n) is 1.64. The Morgan fingerprint density at radius 2 is 1.15 bits per heavy atom. The highest BCUT2D eigenvalue weighted by Gasteiger charge is 2.84. The zero-order valence-electron chi connectivity index (χ0n) is 11.6. The minimum atomic E-state index is -7.10. The molecule has 0 aliphatic heterocycles. The normalized spacial score (nSPS) is 13.5. The van der Waals surface area contributed by atoms with E-state index in [2.05, 4.69) is 0 Å². The fraction of sp³-hybridized carbons (Fsp3) is 0.364. The topological polar surface area (TPSA) is 41.1 Å². The molecule has 0 saturated carbocycles. The largest absolute Gasteiger partial charge is 0.429 e. The molecule has 0 bridgehead atoms. The smallest absolute Gasteiger partial charge is 0.308 e. The van der Waals surface area contributed by atoms with Crippen LogP contribution in [0.5, 0.6) is 0 Å². The maximum Gasteiger partial charge on any atom is 0.429 e. The highest BCUT2D eigenvalue weighted by Crippen LogP contribution is 2.52. The molecule has 148 valence electrons. The van der Waals surface area contributed by atoms with Crippen LogP contribution in [0.15, 0.2) is 12.1 Å². The third-order valence-electron chi connectivity index (χ3n) is 2.86. The molecule has 0 atom stereocenters. The molecule has 0 unspecified atom stereocenters. The first-order valence-electron chi connectivity index (χ1n) is 5.88. The SMILES string of the molecule is O=C(Nc1ccc(F)c(F)c1F)NC(C(F)(F)F)(C(F)(F)F)C(F)(F)F. The van der Waals surface area contributed by atoms with Crippen LogP contribution in [-0.2, 0) is 0 Å². The van der Waals surface area contributed by atoms with E-state index in [1.165, 1.54) is 0 Å². The van der Waals surface area contributed by atoms with Crippen LogP contribution in [0.2, 0.25) is 0 Å². The second kappa shape index (κ2) is 6.42. The lowest BCUT2D eigenvalue weighted by Crippen LogP contribution is -2.75. The van der Waals surface area contributed by atoms with Gasteiger partial charge in [0.2, 0.25) is 0 Å².